The first-order valence-corrected chi connectivity index (χ1v) is 6.91. The third kappa shape index (κ3) is 3.22. The average Bonchev–Trinajstić information content (AvgIpc) is 2.46. The fourth-order valence-electron chi connectivity index (χ4n) is 2.61. The molecule has 0 saturated heterocycles. The maximum Gasteiger partial charge on any atom is -0.0159 e. The van der Waals surface area contributed by atoms with Gasteiger partial charge in [-0.1, -0.05) is 74.5 Å². The summed E-state index contributed by atoms with van der Waals surface area (Å²) < 4.78 is 0. The van der Waals surface area contributed by atoms with Gasteiger partial charge in [0, 0.05) is 0 Å². The molecule has 18 heavy (non-hydrogen) atoms. The molecule has 94 valence electrons. The Hall–Kier alpha value is -1.56. The molecule has 0 aliphatic heterocycles. The Labute approximate surface area is 111 Å². The molecule has 0 heterocycles. The molecule has 2 atom stereocenters. The number of hydrogen-bond donors (Lipinski definition) is 0. The highest BCUT2D eigenvalue weighted by Crippen LogP contribution is 2.31. The predicted molar refractivity (Wildman–Crippen MR) is 78.9 cm³/mol. The zero-order valence-corrected chi connectivity index (χ0v) is 11.3. The van der Waals surface area contributed by atoms with Crippen molar-refractivity contribution >= 4 is 0 Å². The summed E-state index contributed by atoms with van der Waals surface area (Å²) in [5, 5.41) is 0. The van der Waals surface area contributed by atoms with Crippen molar-refractivity contribution in [1.82, 2.24) is 0 Å². The molecule has 0 bridgehead atoms. The van der Waals surface area contributed by atoms with Gasteiger partial charge in [-0.3, -0.25) is 0 Å². The lowest BCUT2D eigenvalue weighted by Crippen LogP contribution is -2.03. The molecule has 0 saturated carbocycles. The molecule has 2 aromatic carbocycles. The molecular weight excluding hydrogens is 216 g/mol. The minimum absolute atomic E-state index is 0.622. The van der Waals surface area contributed by atoms with Crippen LogP contribution in [0.5, 0.6) is 0 Å². The first-order chi connectivity index (χ1) is 8.81. The average molecular weight is 238 g/mol. The molecule has 0 nitrogen and oxygen atoms in total. The lowest BCUT2D eigenvalue weighted by atomic mass is 9.85. The van der Waals surface area contributed by atoms with Crippen LogP contribution in [0.15, 0.2) is 60.7 Å². The first kappa shape index (κ1) is 12.9. The fraction of sp³-hybridized carbons (Fsp3) is 0.333. The van der Waals surface area contributed by atoms with Crippen LogP contribution in [0.3, 0.4) is 0 Å². The van der Waals surface area contributed by atoms with Crippen LogP contribution in [0.1, 0.15) is 49.7 Å². The molecule has 0 unspecified atom stereocenters. The second-order valence-electron chi connectivity index (χ2n) is 5.06. The molecule has 0 aromatic heterocycles. The van der Waals surface area contributed by atoms with E-state index in [9.17, 15) is 0 Å². The van der Waals surface area contributed by atoms with E-state index in [1.165, 1.54) is 24.0 Å². The van der Waals surface area contributed by atoms with Crippen LogP contribution in [0.2, 0.25) is 0 Å². The van der Waals surface area contributed by atoms with E-state index in [1.807, 2.05) is 0 Å². The molecular formula is C18H22. The van der Waals surface area contributed by atoms with E-state index in [0.717, 1.165) is 0 Å². The Morgan fingerprint density at radius 1 is 0.778 bits per heavy atom. The molecule has 0 aliphatic carbocycles. The lowest BCUT2D eigenvalue weighted by molar-refractivity contribution is 0.544. The topological polar surface area (TPSA) is 0 Å². The van der Waals surface area contributed by atoms with Gasteiger partial charge in [-0.25, -0.2) is 0 Å². The van der Waals surface area contributed by atoms with E-state index in [4.69, 9.17) is 0 Å². The summed E-state index contributed by atoms with van der Waals surface area (Å²) in [5.74, 6) is 1.29. The van der Waals surface area contributed by atoms with Crippen LogP contribution >= 0.6 is 0 Å². The summed E-state index contributed by atoms with van der Waals surface area (Å²) in [6.45, 7) is 4.62. The molecule has 0 N–H and O–H groups in total. The zero-order valence-electron chi connectivity index (χ0n) is 11.3. The van der Waals surface area contributed by atoms with Gasteiger partial charge in [0.15, 0.2) is 0 Å². The monoisotopic (exact) mass is 238 g/mol. The van der Waals surface area contributed by atoms with E-state index >= 15 is 0 Å². The summed E-state index contributed by atoms with van der Waals surface area (Å²) >= 11 is 0. The fourth-order valence-corrected chi connectivity index (χ4v) is 2.61. The van der Waals surface area contributed by atoms with Crippen molar-refractivity contribution in [2.75, 3.05) is 0 Å². The van der Waals surface area contributed by atoms with Crippen LogP contribution in [0, 0.1) is 0 Å². The van der Waals surface area contributed by atoms with Crippen LogP contribution in [-0.4, -0.2) is 0 Å². The zero-order chi connectivity index (χ0) is 12.8. The minimum Gasteiger partial charge on any atom is -0.0648 e. The van der Waals surface area contributed by atoms with Crippen LogP contribution in [0.25, 0.3) is 0 Å². The van der Waals surface area contributed by atoms with Crippen molar-refractivity contribution in [3.63, 3.8) is 0 Å². The van der Waals surface area contributed by atoms with Crippen LogP contribution < -0.4 is 0 Å². The van der Waals surface area contributed by atoms with E-state index in [2.05, 4.69) is 74.5 Å². The van der Waals surface area contributed by atoms with Gasteiger partial charge in [0.1, 0.15) is 0 Å². The van der Waals surface area contributed by atoms with E-state index in [-0.39, 0.29) is 0 Å². The van der Waals surface area contributed by atoms with E-state index < -0.39 is 0 Å². The number of hydrogen-bond acceptors (Lipinski definition) is 0. The van der Waals surface area contributed by atoms with Gasteiger partial charge in [0.25, 0.3) is 0 Å². The highest BCUT2D eigenvalue weighted by Gasteiger charge is 2.14. The summed E-state index contributed by atoms with van der Waals surface area (Å²) in [6.07, 6.45) is 2.44. The molecule has 0 aliphatic rings. The molecule has 0 heteroatoms. The summed E-state index contributed by atoms with van der Waals surface area (Å²) in [7, 11) is 0. The maximum absolute atomic E-state index is 2.33. The number of rotatable bonds is 5. The lowest BCUT2D eigenvalue weighted by Gasteiger charge is -2.20. The molecule has 0 amide bonds. The standard InChI is InChI=1S/C18H22/c1-3-16(18-12-8-5-9-13-18)14-15(2)17-10-6-4-7-11-17/h4-13,15-16H,3,14H2,1-2H3/t15-,16-/m1/s1. The first-order valence-electron chi connectivity index (χ1n) is 6.91. The molecule has 0 fully saturated rings. The summed E-state index contributed by atoms with van der Waals surface area (Å²) in [5.41, 5.74) is 2.93. The smallest absolute Gasteiger partial charge is 0.0159 e. The second kappa shape index (κ2) is 6.39. The van der Waals surface area contributed by atoms with Crippen molar-refractivity contribution in [2.24, 2.45) is 0 Å². The predicted octanol–water partition coefficient (Wildman–Crippen LogP) is 5.37. The Bertz CT molecular complexity index is 444. The largest absolute Gasteiger partial charge is 0.0648 e. The summed E-state index contributed by atoms with van der Waals surface area (Å²) in [4.78, 5) is 0. The molecule has 2 aromatic rings. The molecule has 0 spiro atoms. The highest BCUT2D eigenvalue weighted by atomic mass is 14.2. The molecule has 2 rings (SSSR count). The van der Waals surface area contributed by atoms with Gasteiger partial charge in [-0.05, 0) is 35.8 Å². The Morgan fingerprint density at radius 3 is 1.78 bits per heavy atom. The Morgan fingerprint density at radius 2 is 1.28 bits per heavy atom. The van der Waals surface area contributed by atoms with Crippen molar-refractivity contribution in [3.8, 4) is 0 Å². The number of benzene rings is 2. The second-order valence-corrected chi connectivity index (χ2v) is 5.06. The van der Waals surface area contributed by atoms with Crippen molar-refractivity contribution in [3.05, 3.63) is 71.8 Å². The van der Waals surface area contributed by atoms with Crippen molar-refractivity contribution in [2.45, 2.75) is 38.5 Å². The van der Waals surface area contributed by atoms with Gasteiger partial charge in [0.05, 0.1) is 0 Å². The van der Waals surface area contributed by atoms with Crippen molar-refractivity contribution < 1.29 is 0 Å². The highest BCUT2D eigenvalue weighted by molar-refractivity contribution is 5.23. The third-order valence-corrected chi connectivity index (χ3v) is 3.77. The van der Waals surface area contributed by atoms with Crippen molar-refractivity contribution in [1.29, 1.82) is 0 Å². The Balaban J connectivity index is 2.07. The quantitative estimate of drug-likeness (QED) is 0.656. The summed E-state index contributed by atoms with van der Waals surface area (Å²) in [6, 6.07) is 21.7. The maximum atomic E-state index is 2.33. The van der Waals surface area contributed by atoms with E-state index in [1.54, 1.807) is 0 Å². The van der Waals surface area contributed by atoms with Gasteiger partial charge >= 0.3 is 0 Å². The molecule has 0 radical (unpaired) electrons. The van der Waals surface area contributed by atoms with Gasteiger partial charge in [0.2, 0.25) is 0 Å². The van der Waals surface area contributed by atoms with E-state index in [0.29, 0.717) is 11.8 Å². The van der Waals surface area contributed by atoms with Gasteiger partial charge < -0.3 is 0 Å². The SMILES string of the molecule is CC[C@H](C[C@@H](C)c1ccccc1)c1ccccc1. The third-order valence-electron chi connectivity index (χ3n) is 3.77. The van der Waals surface area contributed by atoms with Crippen LogP contribution in [-0.2, 0) is 0 Å². The Kier molecular flexibility index (Phi) is 4.58. The van der Waals surface area contributed by atoms with Gasteiger partial charge in [-0.15, -0.1) is 0 Å². The van der Waals surface area contributed by atoms with Crippen LogP contribution in [0.4, 0.5) is 0 Å². The normalized spacial score (nSPS) is 14.1. The van der Waals surface area contributed by atoms with Gasteiger partial charge in [-0.2, -0.15) is 0 Å². The minimum atomic E-state index is 0.622.